The van der Waals surface area contributed by atoms with Gasteiger partial charge in [0, 0.05) is 12.0 Å². The van der Waals surface area contributed by atoms with E-state index in [1.54, 1.807) is 13.2 Å². The Labute approximate surface area is 137 Å². The minimum atomic E-state index is -3.21. The van der Waals surface area contributed by atoms with E-state index in [0.717, 1.165) is 25.3 Å². The molecule has 2 N–H and O–H groups in total. The van der Waals surface area contributed by atoms with Crippen molar-refractivity contribution in [3.63, 3.8) is 0 Å². The minimum absolute atomic E-state index is 0.0142. The molecule has 2 aromatic rings. The van der Waals surface area contributed by atoms with Crippen LogP contribution in [0.3, 0.4) is 0 Å². The lowest BCUT2D eigenvalue weighted by Crippen LogP contribution is -3.12. The number of fused-ring (bicyclic) bond motifs is 1. The van der Waals surface area contributed by atoms with Crippen LogP contribution in [-0.2, 0) is 23.0 Å². The van der Waals surface area contributed by atoms with Gasteiger partial charge in [0.2, 0.25) is 10.0 Å². The molecule has 2 atom stereocenters. The van der Waals surface area contributed by atoms with Crippen molar-refractivity contribution >= 4 is 10.0 Å². The fraction of sp³-hybridized carbons (Fsp3) is 0.412. The van der Waals surface area contributed by atoms with Crippen LogP contribution in [-0.4, -0.2) is 27.3 Å². The van der Waals surface area contributed by atoms with Gasteiger partial charge in [-0.2, -0.15) is 0 Å². The maximum absolute atomic E-state index is 11.8. The summed E-state index contributed by atoms with van der Waals surface area (Å²) in [7, 11) is -3.21. The van der Waals surface area contributed by atoms with Gasteiger partial charge in [-0.3, -0.25) is 0 Å². The molecule has 0 bridgehead atoms. The first-order valence-electron chi connectivity index (χ1n) is 8.01. The molecule has 0 radical (unpaired) electrons. The van der Waals surface area contributed by atoms with Gasteiger partial charge in [0.15, 0.2) is 11.8 Å². The summed E-state index contributed by atoms with van der Waals surface area (Å²) in [6, 6.07) is 12.2. The van der Waals surface area contributed by atoms with Crippen molar-refractivity contribution in [2.75, 3.05) is 18.8 Å². The van der Waals surface area contributed by atoms with Crippen LogP contribution in [0.15, 0.2) is 47.1 Å². The topological polar surface area (TPSA) is 63.8 Å². The second-order valence-corrected chi connectivity index (χ2v) is 8.02. The highest BCUT2D eigenvalue weighted by atomic mass is 32.2. The molecular formula is C17H23N2O3S+. The fourth-order valence-corrected chi connectivity index (χ4v) is 3.77. The highest BCUT2D eigenvalue weighted by Crippen LogP contribution is 2.15. The Morgan fingerprint density at radius 2 is 2.00 bits per heavy atom. The molecule has 0 saturated heterocycles. The molecule has 6 heteroatoms. The third kappa shape index (κ3) is 3.83. The van der Waals surface area contributed by atoms with Crippen LogP contribution in [0, 0.1) is 0 Å². The third-order valence-corrected chi connectivity index (χ3v) is 5.88. The van der Waals surface area contributed by atoms with Crippen molar-refractivity contribution in [2.45, 2.75) is 25.9 Å². The van der Waals surface area contributed by atoms with Gasteiger partial charge < -0.3 is 9.32 Å². The minimum Gasteiger partial charge on any atom is -0.463 e. The van der Waals surface area contributed by atoms with Crippen molar-refractivity contribution in [3.05, 3.63) is 59.5 Å². The van der Waals surface area contributed by atoms with Crippen LogP contribution < -0.4 is 9.62 Å². The van der Waals surface area contributed by atoms with Gasteiger partial charge in [-0.15, -0.1) is 0 Å². The predicted molar refractivity (Wildman–Crippen MR) is 88.6 cm³/mol. The van der Waals surface area contributed by atoms with Crippen LogP contribution in [0.2, 0.25) is 0 Å². The molecule has 1 unspecified atom stereocenters. The van der Waals surface area contributed by atoms with Crippen LogP contribution in [0.1, 0.15) is 29.9 Å². The molecule has 0 saturated carbocycles. The van der Waals surface area contributed by atoms with Gasteiger partial charge in [0.25, 0.3) is 0 Å². The third-order valence-electron chi connectivity index (χ3n) is 4.52. The Kier molecular flexibility index (Phi) is 4.84. The molecule has 1 aliphatic rings. The van der Waals surface area contributed by atoms with E-state index in [1.165, 1.54) is 16.0 Å². The van der Waals surface area contributed by atoms with E-state index < -0.39 is 10.0 Å². The predicted octanol–water partition coefficient (Wildman–Crippen LogP) is 0.901. The van der Waals surface area contributed by atoms with Gasteiger partial charge in [-0.25, -0.2) is 13.1 Å². The van der Waals surface area contributed by atoms with Crippen LogP contribution >= 0.6 is 0 Å². The molecule has 1 aromatic carbocycles. The summed E-state index contributed by atoms with van der Waals surface area (Å²) in [5.41, 5.74) is 2.73. The number of hydrogen-bond donors (Lipinski definition) is 2. The quantitative estimate of drug-likeness (QED) is 0.824. The molecular weight excluding hydrogens is 312 g/mol. The van der Waals surface area contributed by atoms with E-state index in [0.29, 0.717) is 6.54 Å². The van der Waals surface area contributed by atoms with E-state index in [2.05, 4.69) is 29.0 Å². The first-order chi connectivity index (χ1) is 11.1. The number of quaternary nitrogens is 1. The number of nitrogens with one attached hydrogen (secondary N) is 2. The number of furan rings is 1. The fourth-order valence-electron chi connectivity index (χ4n) is 3.15. The molecule has 0 aliphatic carbocycles. The lowest BCUT2D eigenvalue weighted by molar-refractivity contribution is -0.946. The number of rotatable bonds is 6. The monoisotopic (exact) mass is 335 g/mol. The highest BCUT2D eigenvalue weighted by molar-refractivity contribution is 7.89. The number of benzene rings is 1. The van der Waals surface area contributed by atoms with Crippen LogP contribution in [0.4, 0.5) is 0 Å². The van der Waals surface area contributed by atoms with Gasteiger partial charge in [0.05, 0.1) is 25.1 Å². The smallest absolute Gasteiger partial charge is 0.211 e. The van der Waals surface area contributed by atoms with Crippen molar-refractivity contribution in [1.82, 2.24) is 4.72 Å². The normalized spacial score (nSPS) is 19.3. The number of hydrogen-bond acceptors (Lipinski definition) is 3. The summed E-state index contributed by atoms with van der Waals surface area (Å²) in [6.45, 7) is 3.86. The standard InChI is InChI=1S/C17H22N2O3S/c1-2-23(20,21)18-12-16(17-8-5-11-22-17)19-10-9-14-6-3-4-7-15(14)13-19/h3-8,11,16,18H,2,9-10,12-13H2,1H3/p+1/t16-/m0/s1. The van der Waals surface area contributed by atoms with Crippen molar-refractivity contribution in [2.24, 2.45) is 0 Å². The SMILES string of the molecule is CCS(=O)(=O)NC[C@@H](c1ccco1)[NH+]1CCc2ccccc2C1. The van der Waals surface area contributed by atoms with Gasteiger partial charge in [0.1, 0.15) is 6.54 Å². The van der Waals surface area contributed by atoms with Crippen molar-refractivity contribution < 1.29 is 17.7 Å². The molecule has 0 fully saturated rings. The van der Waals surface area contributed by atoms with Gasteiger partial charge >= 0.3 is 0 Å². The first-order valence-corrected chi connectivity index (χ1v) is 9.66. The molecule has 0 spiro atoms. The summed E-state index contributed by atoms with van der Waals surface area (Å²) in [4.78, 5) is 1.33. The molecule has 1 aromatic heterocycles. The maximum atomic E-state index is 11.8. The summed E-state index contributed by atoms with van der Waals surface area (Å²) in [6.07, 6.45) is 2.65. The zero-order valence-electron chi connectivity index (χ0n) is 13.3. The van der Waals surface area contributed by atoms with Crippen LogP contribution in [0.5, 0.6) is 0 Å². The summed E-state index contributed by atoms with van der Waals surface area (Å²) < 4.78 is 31.9. The van der Waals surface area contributed by atoms with E-state index >= 15 is 0 Å². The van der Waals surface area contributed by atoms with Gasteiger partial charge in [-0.1, -0.05) is 24.3 Å². The van der Waals surface area contributed by atoms with E-state index in [4.69, 9.17) is 4.42 Å². The Hall–Kier alpha value is -1.63. The largest absolute Gasteiger partial charge is 0.463 e. The van der Waals surface area contributed by atoms with E-state index in [9.17, 15) is 8.42 Å². The molecule has 2 heterocycles. The summed E-state index contributed by atoms with van der Waals surface area (Å²) in [5, 5.41) is 0. The molecule has 1 aliphatic heterocycles. The Morgan fingerprint density at radius 1 is 1.22 bits per heavy atom. The molecule has 124 valence electrons. The lowest BCUT2D eigenvalue weighted by atomic mass is 9.98. The highest BCUT2D eigenvalue weighted by Gasteiger charge is 2.31. The Balaban J connectivity index is 1.79. The van der Waals surface area contributed by atoms with Crippen molar-refractivity contribution in [1.29, 1.82) is 0 Å². The second-order valence-electron chi connectivity index (χ2n) is 5.92. The molecule has 23 heavy (non-hydrogen) atoms. The summed E-state index contributed by atoms with van der Waals surface area (Å²) >= 11 is 0. The molecule has 0 amide bonds. The molecule has 3 rings (SSSR count). The van der Waals surface area contributed by atoms with Gasteiger partial charge in [-0.05, 0) is 24.6 Å². The average Bonchev–Trinajstić information content (AvgIpc) is 3.09. The zero-order chi connectivity index (χ0) is 16.3. The maximum Gasteiger partial charge on any atom is 0.211 e. The lowest BCUT2D eigenvalue weighted by Gasteiger charge is -2.31. The van der Waals surface area contributed by atoms with E-state index in [1.807, 2.05) is 12.1 Å². The van der Waals surface area contributed by atoms with Crippen LogP contribution in [0.25, 0.3) is 0 Å². The second kappa shape index (κ2) is 6.86. The Morgan fingerprint density at radius 3 is 2.70 bits per heavy atom. The molecule has 5 nitrogen and oxygen atoms in total. The number of sulfonamides is 1. The average molecular weight is 335 g/mol. The van der Waals surface area contributed by atoms with Crippen molar-refractivity contribution in [3.8, 4) is 0 Å². The zero-order valence-corrected chi connectivity index (χ0v) is 14.1. The first kappa shape index (κ1) is 16.2. The summed E-state index contributed by atoms with van der Waals surface area (Å²) in [5.74, 6) is 0.925. The van der Waals surface area contributed by atoms with E-state index in [-0.39, 0.29) is 11.8 Å². The Bertz CT molecular complexity index is 741.